The molecule has 6 heteroatoms. The van der Waals surface area contributed by atoms with Gasteiger partial charge in [0.1, 0.15) is 0 Å². The first-order valence-corrected chi connectivity index (χ1v) is 6.19. The highest BCUT2D eigenvalue weighted by Crippen LogP contribution is 2.21. The summed E-state index contributed by atoms with van der Waals surface area (Å²) in [6.45, 7) is 1.63. The second-order valence-electron chi connectivity index (χ2n) is 3.97. The van der Waals surface area contributed by atoms with Gasteiger partial charge >= 0.3 is 0 Å². The second kappa shape index (κ2) is 5.34. The lowest BCUT2D eigenvalue weighted by Crippen LogP contribution is -2.39. The van der Waals surface area contributed by atoms with E-state index in [4.69, 9.17) is 0 Å². The standard InChI is InChI=1S/C10H16N4OS/c15-10(3-8-16)13-5-1-9(2-6-13)14-7-4-11-12-14/h4,7,9,16H,1-3,5-6,8H2. The minimum atomic E-state index is 0.215. The number of thiol groups is 1. The SMILES string of the molecule is O=C(CCS)N1CCC(n2ccnn2)CC1. The second-order valence-corrected chi connectivity index (χ2v) is 4.42. The molecule has 16 heavy (non-hydrogen) atoms. The molecule has 1 aromatic rings. The summed E-state index contributed by atoms with van der Waals surface area (Å²) in [6.07, 6.45) is 6.04. The fourth-order valence-corrected chi connectivity index (χ4v) is 2.24. The molecular weight excluding hydrogens is 224 g/mol. The van der Waals surface area contributed by atoms with Crippen LogP contribution in [0.25, 0.3) is 0 Å². The number of carbonyl (C=O) groups excluding carboxylic acids is 1. The summed E-state index contributed by atoms with van der Waals surface area (Å²) >= 11 is 4.08. The number of hydrogen-bond donors (Lipinski definition) is 1. The van der Waals surface area contributed by atoms with Gasteiger partial charge in [0.15, 0.2) is 0 Å². The molecule has 0 N–H and O–H groups in total. The Morgan fingerprint density at radius 2 is 2.19 bits per heavy atom. The van der Waals surface area contributed by atoms with Crippen molar-refractivity contribution in [3.05, 3.63) is 12.4 Å². The molecule has 2 heterocycles. The number of aromatic nitrogens is 3. The van der Waals surface area contributed by atoms with Crippen LogP contribution in [0, 0.1) is 0 Å². The van der Waals surface area contributed by atoms with Crippen LogP contribution in [0.4, 0.5) is 0 Å². The van der Waals surface area contributed by atoms with E-state index in [1.165, 1.54) is 0 Å². The van der Waals surface area contributed by atoms with Crippen molar-refractivity contribution >= 4 is 18.5 Å². The van der Waals surface area contributed by atoms with E-state index < -0.39 is 0 Å². The van der Waals surface area contributed by atoms with Crippen molar-refractivity contribution in [1.82, 2.24) is 19.9 Å². The summed E-state index contributed by atoms with van der Waals surface area (Å²) < 4.78 is 1.89. The molecule has 88 valence electrons. The molecule has 0 aliphatic carbocycles. The zero-order chi connectivity index (χ0) is 11.4. The number of nitrogens with zero attached hydrogens (tertiary/aromatic N) is 4. The summed E-state index contributed by atoms with van der Waals surface area (Å²) in [5.41, 5.74) is 0. The molecule has 0 unspecified atom stereocenters. The molecule has 1 saturated heterocycles. The van der Waals surface area contributed by atoms with E-state index in [9.17, 15) is 4.79 Å². The maximum absolute atomic E-state index is 11.6. The van der Waals surface area contributed by atoms with E-state index in [0.717, 1.165) is 25.9 Å². The fraction of sp³-hybridized carbons (Fsp3) is 0.700. The molecule has 0 spiro atoms. The zero-order valence-electron chi connectivity index (χ0n) is 9.12. The molecule has 0 bridgehead atoms. The van der Waals surface area contributed by atoms with Gasteiger partial charge in [0.2, 0.25) is 5.91 Å². The molecule has 0 saturated carbocycles. The first kappa shape index (κ1) is 11.4. The van der Waals surface area contributed by atoms with Crippen LogP contribution in [0.15, 0.2) is 12.4 Å². The Kier molecular flexibility index (Phi) is 3.82. The van der Waals surface area contributed by atoms with Crippen LogP contribution in [-0.2, 0) is 4.79 Å². The molecular formula is C10H16N4OS. The number of piperidine rings is 1. The van der Waals surface area contributed by atoms with E-state index in [-0.39, 0.29) is 5.91 Å². The van der Waals surface area contributed by atoms with Crippen LogP contribution in [0.3, 0.4) is 0 Å². The molecule has 0 atom stereocenters. The summed E-state index contributed by atoms with van der Waals surface area (Å²) in [6, 6.07) is 0.391. The van der Waals surface area contributed by atoms with Gasteiger partial charge in [0.25, 0.3) is 0 Å². The Morgan fingerprint density at radius 3 is 2.75 bits per heavy atom. The number of hydrogen-bond acceptors (Lipinski definition) is 4. The molecule has 1 aliphatic rings. The summed E-state index contributed by atoms with van der Waals surface area (Å²) in [4.78, 5) is 13.6. The maximum Gasteiger partial charge on any atom is 0.223 e. The lowest BCUT2D eigenvalue weighted by Gasteiger charge is -2.31. The number of rotatable bonds is 3. The first-order valence-electron chi connectivity index (χ1n) is 5.55. The lowest BCUT2D eigenvalue weighted by molar-refractivity contribution is -0.132. The topological polar surface area (TPSA) is 51.0 Å². The molecule has 2 rings (SSSR count). The summed E-state index contributed by atoms with van der Waals surface area (Å²) in [5.74, 6) is 0.842. The smallest absolute Gasteiger partial charge is 0.223 e. The highest BCUT2D eigenvalue weighted by atomic mass is 32.1. The minimum Gasteiger partial charge on any atom is -0.343 e. The lowest BCUT2D eigenvalue weighted by atomic mass is 10.1. The van der Waals surface area contributed by atoms with Gasteiger partial charge < -0.3 is 4.90 Å². The molecule has 0 radical (unpaired) electrons. The fourth-order valence-electron chi connectivity index (χ4n) is 2.05. The largest absolute Gasteiger partial charge is 0.343 e. The normalized spacial score (nSPS) is 17.7. The van der Waals surface area contributed by atoms with Gasteiger partial charge in [-0.15, -0.1) is 5.10 Å². The Balaban J connectivity index is 1.85. The van der Waals surface area contributed by atoms with Gasteiger partial charge in [-0.2, -0.15) is 12.6 Å². The third-order valence-corrected chi connectivity index (χ3v) is 3.18. The van der Waals surface area contributed by atoms with Crippen molar-refractivity contribution in [2.24, 2.45) is 0 Å². The monoisotopic (exact) mass is 240 g/mol. The Morgan fingerprint density at radius 1 is 1.44 bits per heavy atom. The first-order chi connectivity index (χ1) is 7.81. The molecule has 1 amide bonds. The molecule has 1 aliphatic heterocycles. The number of carbonyl (C=O) groups is 1. The van der Waals surface area contributed by atoms with Crippen molar-refractivity contribution < 1.29 is 4.79 Å². The Labute approximate surface area is 100 Å². The van der Waals surface area contributed by atoms with E-state index in [1.54, 1.807) is 6.20 Å². The molecule has 1 fully saturated rings. The van der Waals surface area contributed by atoms with Crippen molar-refractivity contribution in [1.29, 1.82) is 0 Å². The highest BCUT2D eigenvalue weighted by molar-refractivity contribution is 7.80. The zero-order valence-corrected chi connectivity index (χ0v) is 10.0. The van der Waals surface area contributed by atoms with Gasteiger partial charge in [-0.1, -0.05) is 5.21 Å². The van der Waals surface area contributed by atoms with Crippen molar-refractivity contribution in [2.45, 2.75) is 25.3 Å². The van der Waals surface area contributed by atoms with E-state index >= 15 is 0 Å². The van der Waals surface area contributed by atoms with Crippen LogP contribution in [-0.4, -0.2) is 44.6 Å². The van der Waals surface area contributed by atoms with Crippen molar-refractivity contribution in [3.8, 4) is 0 Å². The average Bonchev–Trinajstić information content (AvgIpc) is 2.83. The van der Waals surface area contributed by atoms with Crippen molar-refractivity contribution in [2.75, 3.05) is 18.8 Å². The van der Waals surface area contributed by atoms with E-state index in [0.29, 0.717) is 18.2 Å². The van der Waals surface area contributed by atoms with Crippen LogP contribution in [0.5, 0.6) is 0 Å². The van der Waals surface area contributed by atoms with Gasteiger partial charge in [-0.05, 0) is 18.6 Å². The van der Waals surface area contributed by atoms with Gasteiger partial charge in [0, 0.05) is 25.7 Å². The van der Waals surface area contributed by atoms with Crippen LogP contribution in [0.2, 0.25) is 0 Å². The van der Waals surface area contributed by atoms with Gasteiger partial charge in [-0.3, -0.25) is 4.79 Å². The average molecular weight is 240 g/mol. The van der Waals surface area contributed by atoms with Gasteiger partial charge in [-0.25, -0.2) is 4.68 Å². The number of amides is 1. The van der Waals surface area contributed by atoms with Crippen molar-refractivity contribution in [3.63, 3.8) is 0 Å². The van der Waals surface area contributed by atoms with Gasteiger partial charge in [0.05, 0.1) is 12.2 Å². The minimum absolute atomic E-state index is 0.215. The quantitative estimate of drug-likeness (QED) is 0.794. The maximum atomic E-state index is 11.6. The Bertz CT molecular complexity index is 333. The van der Waals surface area contributed by atoms with Crippen LogP contribution in [0.1, 0.15) is 25.3 Å². The predicted molar refractivity (Wildman–Crippen MR) is 63.3 cm³/mol. The predicted octanol–water partition coefficient (Wildman–Crippen LogP) is 0.762. The van der Waals surface area contributed by atoms with Crippen LogP contribution >= 0.6 is 12.6 Å². The summed E-state index contributed by atoms with van der Waals surface area (Å²) in [5, 5.41) is 7.80. The third kappa shape index (κ3) is 2.55. The van der Waals surface area contributed by atoms with Crippen LogP contribution < -0.4 is 0 Å². The Hall–Kier alpha value is -1.04. The highest BCUT2D eigenvalue weighted by Gasteiger charge is 2.23. The number of likely N-dealkylation sites (tertiary alicyclic amines) is 1. The van der Waals surface area contributed by atoms with E-state index in [2.05, 4.69) is 22.9 Å². The molecule has 1 aromatic heterocycles. The third-order valence-electron chi connectivity index (χ3n) is 2.96. The van der Waals surface area contributed by atoms with E-state index in [1.807, 2.05) is 15.8 Å². The summed E-state index contributed by atoms with van der Waals surface area (Å²) in [7, 11) is 0. The molecule has 5 nitrogen and oxygen atoms in total. The molecule has 0 aromatic carbocycles.